The number of methoxy groups -OCH3 is 1. The number of nitrogens with one attached hydrogen (secondary N) is 2. The number of aromatic nitrogens is 1. The van der Waals surface area contributed by atoms with E-state index in [0.717, 1.165) is 0 Å². The van der Waals surface area contributed by atoms with Gasteiger partial charge in [-0.1, -0.05) is 12.1 Å². The van der Waals surface area contributed by atoms with Crippen molar-refractivity contribution in [3.63, 3.8) is 0 Å². The van der Waals surface area contributed by atoms with Gasteiger partial charge in [-0.3, -0.25) is 9.59 Å². The maximum atomic E-state index is 12.7. The maximum Gasteiger partial charge on any atom is 0.340 e. The lowest BCUT2D eigenvalue weighted by molar-refractivity contribution is -0.123. The zero-order chi connectivity index (χ0) is 23.0. The van der Waals surface area contributed by atoms with Crippen molar-refractivity contribution in [3.05, 3.63) is 52.4 Å². The third-order valence-corrected chi connectivity index (χ3v) is 4.51. The predicted molar refractivity (Wildman–Crippen MR) is 117 cm³/mol. The van der Waals surface area contributed by atoms with Gasteiger partial charge in [0.15, 0.2) is 18.1 Å². The standard InChI is InChI=1S/C23H28N2O6/c1-6-24-20(27)13-31-18-11-9-16(12-19(18)29-5)8-10-17(26)22-14(3)21(15(4)25-22)23(28)30-7-2/h8-12,25H,6-7,13H2,1-5H3,(H,24,27)/b10-8+. The van der Waals surface area contributed by atoms with Gasteiger partial charge in [-0.15, -0.1) is 0 Å². The number of likely N-dealkylation sites (N-methyl/N-ethyl adjacent to an activating group) is 1. The Morgan fingerprint density at radius 1 is 1.13 bits per heavy atom. The SMILES string of the molecule is CCNC(=O)COc1ccc(/C=C/C(=O)c2[nH]c(C)c(C(=O)OCC)c2C)cc1OC. The van der Waals surface area contributed by atoms with Crippen LogP contribution in [0, 0.1) is 13.8 Å². The van der Waals surface area contributed by atoms with E-state index in [1.54, 1.807) is 45.0 Å². The Kier molecular flexibility index (Phi) is 8.43. The second-order valence-corrected chi connectivity index (χ2v) is 6.70. The first kappa shape index (κ1) is 23.7. The highest BCUT2D eigenvalue weighted by atomic mass is 16.5. The number of rotatable bonds is 10. The highest BCUT2D eigenvalue weighted by Gasteiger charge is 2.21. The van der Waals surface area contributed by atoms with E-state index in [9.17, 15) is 14.4 Å². The van der Waals surface area contributed by atoms with Crippen molar-refractivity contribution in [2.75, 3.05) is 26.9 Å². The van der Waals surface area contributed by atoms with Crippen molar-refractivity contribution < 1.29 is 28.6 Å². The number of carbonyl (C=O) groups excluding carboxylic acids is 3. The zero-order valence-electron chi connectivity index (χ0n) is 18.5. The fraction of sp³-hybridized carbons (Fsp3) is 0.348. The lowest BCUT2D eigenvalue weighted by atomic mass is 10.1. The molecule has 1 heterocycles. The Bertz CT molecular complexity index is 990. The molecule has 2 N–H and O–H groups in total. The van der Waals surface area contributed by atoms with Crippen LogP contribution in [0.1, 0.15) is 51.5 Å². The second kappa shape index (κ2) is 11.0. The smallest absolute Gasteiger partial charge is 0.340 e. The van der Waals surface area contributed by atoms with Crippen molar-refractivity contribution in [3.8, 4) is 11.5 Å². The first-order chi connectivity index (χ1) is 14.8. The number of amides is 1. The molecule has 0 saturated carbocycles. The van der Waals surface area contributed by atoms with Gasteiger partial charge < -0.3 is 24.5 Å². The van der Waals surface area contributed by atoms with Gasteiger partial charge in [-0.25, -0.2) is 4.79 Å². The van der Waals surface area contributed by atoms with Crippen LogP contribution in [0.25, 0.3) is 6.08 Å². The molecule has 0 aliphatic carbocycles. The van der Waals surface area contributed by atoms with E-state index >= 15 is 0 Å². The van der Waals surface area contributed by atoms with Crippen LogP contribution in [0.2, 0.25) is 0 Å². The van der Waals surface area contributed by atoms with Crippen molar-refractivity contribution >= 4 is 23.7 Å². The maximum absolute atomic E-state index is 12.7. The first-order valence-electron chi connectivity index (χ1n) is 9.98. The van der Waals surface area contributed by atoms with E-state index in [1.807, 2.05) is 6.92 Å². The normalized spacial score (nSPS) is 10.7. The van der Waals surface area contributed by atoms with Crippen LogP contribution >= 0.6 is 0 Å². The van der Waals surface area contributed by atoms with Crippen molar-refractivity contribution in [2.24, 2.45) is 0 Å². The third-order valence-electron chi connectivity index (χ3n) is 4.51. The van der Waals surface area contributed by atoms with E-state index in [4.69, 9.17) is 14.2 Å². The number of ether oxygens (including phenoxy) is 3. The number of ketones is 1. The van der Waals surface area contributed by atoms with Crippen LogP contribution in [0.5, 0.6) is 11.5 Å². The van der Waals surface area contributed by atoms with Crippen LogP contribution in [0.15, 0.2) is 24.3 Å². The molecule has 1 aromatic heterocycles. The number of benzene rings is 1. The van der Waals surface area contributed by atoms with Crippen molar-refractivity contribution in [2.45, 2.75) is 27.7 Å². The fourth-order valence-electron chi connectivity index (χ4n) is 3.06. The third kappa shape index (κ3) is 5.97. The van der Waals surface area contributed by atoms with Gasteiger partial charge >= 0.3 is 5.97 Å². The van der Waals surface area contributed by atoms with Gasteiger partial charge in [0.2, 0.25) is 5.78 Å². The molecule has 0 radical (unpaired) electrons. The van der Waals surface area contributed by atoms with Crippen LogP contribution in [0.3, 0.4) is 0 Å². The van der Waals surface area contributed by atoms with E-state index < -0.39 is 5.97 Å². The average molecular weight is 428 g/mol. The van der Waals surface area contributed by atoms with E-state index in [0.29, 0.717) is 46.1 Å². The molecule has 0 unspecified atom stereocenters. The molecule has 1 aromatic carbocycles. The number of aromatic amines is 1. The summed E-state index contributed by atoms with van der Waals surface area (Å²) in [6.45, 7) is 7.66. The molecule has 0 atom stereocenters. The number of H-pyrrole nitrogens is 1. The summed E-state index contributed by atoms with van der Waals surface area (Å²) in [5.41, 5.74) is 2.57. The van der Waals surface area contributed by atoms with Gasteiger partial charge in [0.1, 0.15) is 0 Å². The number of esters is 1. The lowest BCUT2D eigenvalue weighted by Gasteiger charge is -2.11. The molecule has 0 aliphatic rings. The molecule has 31 heavy (non-hydrogen) atoms. The molecule has 0 spiro atoms. The minimum Gasteiger partial charge on any atom is -0.493 e. The summed E-state index contributed by atoms with van der Waals surface area (Å²) < 4.78 is 15.9. The van der Waals surface area contributed by atoms with Crippen LogP contribution in [-0.2, 0) is 9.53 Å². The number of hydrogen-bond donors (Lipinski definition) is 2. The van der Waals surface area contributed by atoms with E-state index in [-0.39, 0.29) is 24.9 Å². The van der Waals surface area contributed by atoms with Gasteiger partial charge in [0.25, 0.3) is 5.91 Å². The number of hydrogen-bond acceptors (Lipinski definition) is 6. The predicted octanol–water partition coefficient (Wildman–Crippen LogP) is 3.23. The van der Waals surface area contributed by atoms with E-state index in [2.05, 4.69) is 10.3 Å². The second-order valence-electron chi connectivity index (χ2n) is 6.70. The largest absolute Gasteiger partial charge is 0.493 e. The molecular formula is C23H28N2O6. The molecule has 1 amide bonds. The number of aryl methyl sites for hydroxylation is 1. The molecule has 0 bridgehead atoms. The number of allylic oxidation sites excluding steroid dienone is 1. The van der Waals surface area contributed by atoms with Gasteiger partial charge in [-0.2, -0.15) is 0 Å². The topological polar surface area (TPSA) is 107 Å². The summed E-state index contributed by atoms with van der Waals surface area (Å²) >= 11 is 0. The molecule has 8 nitrogen and oxygen atoms in total. The molecule has 0 aliphatic heterocycles. The zero-order valence-corrected chi connectivity index (χ0v) is 18.5. The van der Waals surface area contributed by atoms with Gasteiger partial charge in [0, 0.05) is 12.2 Å². The lowest BCUT2D eigenvalue weighted by Crippen LogP contribution is -2.28. The summed E-state index contributed by atoms with van der Waals surface area (Å²) in [6.07, 6.45) is 3.05. The Labute approximate surface area is 181 Å². The molecule has 0 fully saturated rings. The monoisotopic (exact) mass is 428 g/mol. The van der Waals surface area contributed by atoms with Gasteiger partial charge in [0.05, 0.1) is 25.0 Å². The number of carbonyl (C=O) groups is 3. The molecule has 8 heteroatoms. The Hall–Kier alpha value is -3.55. The minimum atomic E-state index is -0.454. The summed E-state index contributed by atoms with van der Waals surface area (Å²) in [4.78, 5) is 39.3. The molecule has 2 rings (SSSR count). The molecule has 0 saturated heterocycles. The highest BCUT2D eigenvalue weighted by Crippen LogP contribution is 2.28. The average Bonchev–Trinajstić information content (AvgIpc) is 3.05. The van der Waals surface area contributed by atoms with Crippen molar-refractivity contribution in [1.82, 2.24) is 10.3 Å². The summed E-state index contributed by atoms with van der Waals surface area (Å²) in [6, 6.07) is 5.12. The first-order valence-corrected chi connectivity index (χ1v) is 9.98. The summed E-state index contributed by atoms with van der Waals surface area (Å²) in [5.74, 6) is -0.0862. The summed E-state index contributed by atoms with van der Waals surface area (Å²) in [7, 11) is 1.49. The Morgan fingerprint density at radius 2 is 1.87 bits per heavy atom. The molecular weight excluding hydrogens is 400 g/mol. The van der Waals surface area contributed by atoms with Crippen LogP contribution in [0.4, 0.5) is 0 Å². The Balaban J connectivity index is 2.16. The van der Waals surface area contributed by atoms with Crippen molar-refractivity contribution in [1.29, 1.82) is 0 Å². The van der Waals surface area contributed by atoms with Crippen LogP contribution in [-0.4, -0.2) is 49.5 Å². The summed E-state index contributed by atoms with van der Waals surface area (Å²) in [5, 5.41) is 2.65. The quantitative estimate of drug-likeness (QED) is 0.342. The Morgan fingerprint density at radius 3 is 2.52 bits per heavy atom. The van der Waals surface area contributed by atoms with Crippen LogP contribution < -0.4 is 14.8 Å². The van der Waals surface area contributed by atoms with E-state index in [1.165, 1.54) is 13.2 Å². The fourth-order valence-corrected chi connectivity index (χ4v) is 3.06. The minimum absolute atomic E-state index is 0.119. The molecule has 166 valence electrons. The van der Waals surface area contributed by atoms with Gasteiger partial charge in [-0.05, 0) is 57.0 Å². The highest BCUT2D eigenvalue weighted by molar-refractivity contribution is 6.08. The molecule has 2 aromatic rings.